The average molecular weight is 406 g/mol. The Kier molecular flexibility index (Phi) is 4.53. The minimum atomic E-state index is -1.49. The number of aliphatic imine (C=N–C) groups is 1. The maximum Gasteiger partial charge on any atom is 0.356 e. The Morgan fingerprint density at radius 3 is 2.79 bits per heavy atom. The number of hydrogen-bond acceptors (Lipinski definition) is 4. The van der Waals surface area contributed by atoms with Crippen molar-refractivity contribution in [2.24, 2.45) is 4.99 Å². The number of rotatable bonds is 2. The number of fused-ring (bicyclic) bond motifs is 3. The van der Waals surface area contributed by atoms with Gasteiger partial charge in [-0.3, -0.25) is 9.56 Å². The van der Waals surface area contributed by atoms with Crippen molar-refractivity contribution in [3.8, 4) is 17.2 Å². The van der Waals surface area contributed by atoms with Crippen LogP contribution in [0.4, 0.5) is 0 Å². The fraction of sp³-hybridized carbons (Fsp3) is 0.190. The van der Waals surface area contributed by atoms with Crippen LogP contribution in [0.3, 0.4) is 0 Å². The van der Waals surface area contributed by atoms with Crippen molar-refractivity contribution in [2.75, 3.05) is 0 Å². The molecule has 0 amide bonds. The molecule has 0 unspecified atom stereocenters. The normalized spacial score (nSPS) is 12.9. The topological polar surface area (TPSA) is 67.5 Å². The van der Waals surface area contributed by atoms with Gasteiger partial charge in [-0.15, -0.1) is 16.9 Å². The summed E-state index contributed by atoms with van der Waals surface area (Å²) in [6, 6.07) is 10.0. The quantitative estimate of drug-likeness (QED) is 0.513. The lowest BCUT2D eigenvalue weighted by Gasteiger charge is -2.11. The molecule has 4 rings (SSSR count). The van der Waals surface area contributed by atoms with Gasteiger partial charge >= 0.3 is 5.97 Å². The first-order valence-electron chi connectivity index (χ1n) is 8.89. The van der Waals surface area contributed by atoms with E-state index in [4.69, 9.17) is 4.99 Å². The first-order chi connectivity index (χ1) is 13.3. The van der Waals surface area contributed by atoms with Crippen LogP contribution in [0, 0.1) is 11.5 Å². The molecule has 28 heavy (non-hydrogen) atoms. The van der Waals surface area contributed by atoms with Gasteiger partial charge in [-0.25, -0.2) is 9.78 Å². The van der Waals surface area contributed by atoms with E-state index in [0.29, 0.717) is 5.69 Å². The number of aromatic nitrogens is 2. The van der Waals surface area contributed by atoms with Crippen molar-refractivity contribution >= 4 is 31.1 Å². The lowest BCUT2D eigenvalue weighted by atomic mass is 10.0. The number of imidazole rings is 1. The standard InChI is InChI=1S/C21H19N3O2SSi/c1-28(2,3)10-8-14-6-7-16-15(11-14)19(18-5-4-9-27-18)22-12-17-20(21(25)26)23-13-24(16)17/h4-7,9,11,13H,12H2,1-3H3,(H,25,26). The van der Waals surface area contributed by atoms with Crippen LogP contribution in [0.5, 0.6) is 0 Å². The number of thiophene rings is 1. The minimum absolute atomic E-state index is 0.0460. The van der Waals surface area contributed by atoms with Gasteiger partial charge in [-0.2, -0.15) is 0 Å². The predicted molar refractivity (Wildman–Crippen MR) is 114 cm³/mol. The average Bonchev–Trinajstić information content (AvgIpc) is 3.27. The molecule has 1 aliphatic rings. The number of carbonyl (C=O) groups is 1. The molecule has 0 atom stereocenters. The number of carboxylic acid groups (broad SMARTS) is 1. The molecular formula is C21H19N3O2SSi. The highest BCUT2D eigenvalue weighted by atomic mass is 32.1. The number of benzene rings is 1. The van der Waals surface area contributed by atoms with Crippen molar-refractivity contribution in [1.29, 1.82) is 0 Å². The minimum Gasteiger partial charge on any atom is -0.476 e. The summed E-state index contributed by atoms with van der Waals surface area (Å²) in [5.74, 6) is 2.27. The van der Waals surface area contributed by atoms with Crippen LogP contribution in [-0.2, 0) is 6.54 Å². The van der Waals surface area contributed by atoms with Gasteiger partial charge in [0.2, 0.25) is 0 Å². The number of hydrogen-bond donors (Lipinski definition) is 1. The maximum atomic E-state index is 11.6. The molecule has 0 saturated heterocycles. The third-order valence-corrected chi connectivity index (χ3v) is 6.06. The first kappa shape index (κ1) is 18.4. The van der Waals surface area contributed by atoms with Gasteiger partial charge in [0.15, 0.2) is 5.69 Å². The van der Waals surface area contributed by atoms with Gasteiger partial charge in [-0.05, 0) is 29.6 Å². The molecule has 1 aromatic carbocycles. The molecule has 5 nitrogen and oxygen atoms in total. The van der Waals surface area contributed by atoms with E-state index in [0.717, 1.165) is 27.4 Å². The van der Waals surface area contributed by atoms with Gasteiger partial charge in [-0.1, -0.05) is 31.6 Å². The highest BCUT2D eigenvalue weighted by molar-refractivity contribution is 7.12. The van der Waals surface area contributed by atoms with E-state index in [2.05, 4.69) is 42.2 Å². The molecule has 0 saturated carbocycles. The third-order valence-electron chi connectivity index (χ3n) is 4.30. The van der Waals surface area contributed by atoms with E-state index in [1.165, 1.54) is 0 Å². The highest BCUT2D eigenvalue weighted by Gasteiger charge is 2.24. The van der Waals surface area contributed by atoms with Gasteiger partial charge < -0.3 is 5.11 Å². The molecular weight excluding hydrogens is 386 g/mol. The second-order valence-electron chi connectivity index (χ2n) is 7.59. The summed E-state index contributed by atoms with van der Waals surface area (Å²) in [5.41, 5.74) is 7.65. The molecule has 1 aliphatic heterocycles. The Labute approximate surface area is 168 Å². The summed E-state index contributed by atoms with van der Waals surface area (Å²) in [5, 5.41) is 11.5. The second-order valence-corrected chi connectivity index (χ2v) is 13.3. The molecule has 0 aliphatic carbocycles. The van der Waals surface area contributed by atoms with E-state index in [1.807, 2.05) is 34.2 Å². The second kappa shape index (κ2) is 6.89. The molecule has 3 heterocycles. The molecule has 1 N–H and O–H groups in total. The molecule has 0 bridgehead atoms. The highest BCUT2D eigenvalue weighted by Crippen LogP contribution is 2.29. The fourth-order valence-electron chi connectivity index (χ4n) is 3.05. The van der Waals surface area contributed by atoms with Crippen LogP contribution in [0.25, 0.3) is 5.69 Å². The van der Waals surface area contributed by atoms with Gasteiger partial charge in [0.05, 0.1) is 28.5 Å². The number of aromatic carboxylic acids is 1. The van der Waals surface area contributed by atoms with Gasteiger partial charge in [0, 0.05) is 11.1 Å². The molecule has 2 aromatic heterocycles. The molecule has 7 heteroatoms. The third kappa shape index (κ3) is 3.44. The van der Waals surface area contributed by atoms with Gasteiger partial charge in [0.1, 0.15) is 14.4 Å². The smallest absolute Gasteiger partial charge is 0.356 e. The fourth-order valence-corrected chi connectivity index (χ4v) is 4.31. The summed E-state index contributed by atoms with van der Waals surface area (Å²) in [6.07, 6.45) is 1.57. The van der Waals surface area contributed by atoms with E-state index in [-0.39, 0.29) is 12.2 Å². The van der Waals surface area contributed by atoms with E-state index in [1.54, 1.807) is 17.7 Å². The summed E-state index contributed by atoms with van der Waals surface area (Å²) in [6.45, 7) is 6.91. The zero-order chi connectivity index (χ0) is 19.9. The molecule has 3 aromatic rings. The Bertz CT molecular complexity index is 1160. The zero-order valence-corrected chi connectivity index (χ0v) is 17.7. The lowest BCUT2D eigenvalue weighted by Crippen LogP contribution is -2.16. The Morgan fingerprint density at radius 2 is 2.11 bits per heavy atom. The predicted octanol–water partition coefficient (Wildman–Crippen LogP) is 4.21. The Hall–Kier alpha value is -2.95. The lowest BCUT2D eigenvalue weighted by molar-refractivity contribution is 0.0689. The molecule has 0 spiro atoms. The van der Waals surface area contributed by atoms with Crippen molar-refractivity contribution in [2.45, 2.75) is 26.2 Å². The maximum absolute atomic E-state index is 11.6. The summed E-state index contributed by atoms with van der Waals surface area (Å²) in [7, 11) is -1.49. The van der Waals surface area contributed by atoms with Crippen molar-refractivity contribution in [3.63, 3.8) is 0 Å². The van der Waals surface area contributed by atoms with Gasteiger partial charge in [0.25, 0.3) is 0 Å². The van der Waals surface area contributed by atoms with E-state index < -0.39 is 14.0 Å². The van der Waals surface area contributed by atoms with Crippen LogP contribution >= 0.6 is 11.3 Å². The van der Waals surface area contributed by atoms with Crippen molar-refractivity contribution in [1.82, 2.24) is 9.55 Å². The zero-order valence-electron chi connectivity index (χ0n) is 15.9. The summed E-state index contributed by atoms with van der Waals surface area (Å²) >= 11 is 1.62. The largest absolute Gasteiger partial charge is 0.476 e. The van der Waals surface area contributed by atoms with Crippen LogP contribution in [0.1, 0.15) is 32.2 Å². The Morgan fingerprint density at radius 1 is 1.29 bits per heavy atom. The van der Waals surface area contributed by atoms with Crippen LogP contribution < -0.4 is 0 Å². The van der Waals surface area contributed by atoms with Crippen LogP contribution in [-0.4, -0.2) is 34.4 Å². The molecule has 0 fully saturated rings. The number of nitrogens with zero attached hydrogens (tertiary/aromatic N) is 3. The number of carboxylic acids is 1. The van der Waals surface area contributed by atoms with Crippen molar-refractivity contribution in [3.05, 3.63) is 69.4 Å². The summed E-state index contributed by atoms with van der Waals surface area (Å²) < 4.78 is 1.83. The molecule has 0 radical (unpaired) electrons. The summed E-state index contributed by atoms with van der Waals surface area (Å²) in [4.78, 5) is 21.5. The van der Waals surface area contributed by atoms with Crippen LogP contribution in [0.2, 0.25) is 19.6 Å². The van der Waals surface area contributed by atoms with E-state index >= 15 is 0 Å². The van der Waals surface area contributed by atoms with Crippen molar-refractivity contribution < 1.29 is 9.90 Å². The molecule has 140 valence electrons. The first-order valence-corrected chi connectivity index (χ1v) is 13.3. The van der Waals surface area contributed by atoms with E-state index in [9.17, 15) is 9.90 Å². The SMILES string of the molecule is C[Si](C)(C)C#Cc1ccc2c(c1)C(c1cccs1)=NCc1c(C(=O)O)ncn1-2. The Balaban J connectivity index is 1.93. The van der Waals surface area contributed by atoms with Crippen LogP contribution in [0.15, 0.2) is 47.0 Å². The monoisotopic (exact) mass is 405 g/mol.